The third-order valence-electron chi connectivity index (χ3n) is 5.47. The molecule has 0 saturated carbocycles. The molecule has 0 spiro atoms. The highest BCUT2D eigenvalue weighted by atomic mass is 127. The summed E-state index contributed by atoms with van der Waals surface area (Å²) in [4.78, 5) is 27.1. The molecule has 0 atom stereocenters. The van der Waals surface area contributed by atoms with Crippen LogP contribution in [0.2, 0.25) is 0 Å². The van der Waals surface area contributed by atoms with Gasteiger partial charge in [-0.2, -0.15) is 5.06 Å². The number of alkyl halides is 1. The van der Waals surface area contributed by atoms with Gasteiger partial charge in [-0.05, 0) is 65.1 Å². The Morgan fingerprint density at radius 3 is 2.07 bits per heavy atom. The maximum absolute atomic E-state index is 12.6. The summed E-state index contributed by atoms with van der Waals surface area (Å²) in [6.45, 7) is 6.84. The van der Waals surface area contributed by atoms with Crippen LogP contribution in [0.15, 0.2) is 61.4 Å². The van der Waals surface area contributed by atoms with Crippen LogP contribution in [0.25, 0.3) is 10.9 Å². The molecule has 0 fully saturated rings. The van der Waals surface area contributed by atoms with Gasteiger partial charge in [-0.1, -0.05) is 12.6 Å². The molecule has 0 aliphatic heterocycles. The van der Waals surface area contributed by atoms with Gasteiger partial charge in [0.2, 0.25) is 0 Å². The Hall–Kier alpha value is -2.79. The van der Waals surface area contributed by atoms with E-state index in [9.17, 15) is 9.18 Å². The van der Waals surface area contributed by atoms with Gasteiger partial charge in [0.25, 0.3) is 5.91 Å². The normalized spacial score (nSPS) is 11.1. The number of hydrogen-bond acceptors (Lipinski definition) is 10. The molecule has 1 aromatic heterocycles. The van der Waals surface area contributed by atoms with E-state index >= 15 is 0 Å². The number of benzene rings is 2. The molecule has 0 aliphatic carbocycles. The second kappa shape index (κ2) is 20.2. The summed E-state index contributed by atoms with van der Waals surface area (Å²) in [5, 5.41) is 5.22. The van der Waals surface area contributed by atoms with Crippen LogP contribution in [-0.2, 0) is 33.3 Å². The second-order valence-corrected chi connectivity index (χ2v) is 9.73. The van der Waals surface area contributed by atoms with E-state index in [4.69, 9.17) is 28.5 Å². The first-order valence-corrected chi connectivity index (χ1v) is 14.5. The van der Waals surface area contributed by atoms with E-state index in [1.165, 1.54) is 17.5 Å². The van der Waals surface area contributed by atoms with E-state index in [0.717, 1.165) is 14.6 Å². The Bertz CT molecular complexity index is 1240. The number of rotatable bonds is 22. The molecule has 0 bridgehead atoms. The maximum Gasteiger partial charge on any atom is 0.274 e. The first-order valence-electron chi connectivity index (χ1n) is 13.4. The average Bonchev–Trinajstić information content (AvgIpc) is 3.00. The molecule has 0 radical (unpaired) electrons. The van der Waals surface area contributed by atoms with Gasteiger partial charge in [0.1, 0.15) is 18.8 Å². The molecule has 3 rings (SSSR count). The van der Waals surface area contributed by atoms with Crippen LogP contribution in [0.5, 0.6) is 0 Å². The number of carbonyl (C=O) groups excluding carboxylic acids is 1. The Kier molecular flexibility index (Phi) is 16.2. The van der Waals surface area contributed by atoms with Crippen LogP contribution in [0.3, 0.4) is 0 Å². The van der Waals surface area contributed by atoms with Gasteiger partial charge in [0, 0.05) is 14.6 Å². The Balaban J connectivity index is 1.37. The van der Waals surface area contributed by atoms with Crippen LogP contribution in [0.4, 0.5) is 21.6 Å². The zero-order valence-electron chi connectivity index (χ0n) is 23.3. The number of fused-ring (bicyclic) bond motifs is 1. The summed E-state index contributed by atoms with van der Waals surface area (Å²) >= 11 is 2.25. The lowest BCUT2D eigenvalue weighted by molar-refractivity contribution is -0.122. The van der Waals surface area contributed by atoms with Crippen LogP contribution >= 0.6 is 22.6 Å². The molecule has 42 heavy (non-hydrogen) atoms. The Morgan fingerprint density at radius 2 is 1.48 bits per heavy atom. The molecule has 1 amide bonds. The van der Waals surface area contributed by atoms with Gasteiger partial charge in [-0.3, -0.25) is 9.63 Å². The van der Waals surface area contributed by atoms with Crippen molar-refractivity contribution in [3.05, 3.63) is 65.0 Å². The SMILES string of the molecule is C=CC(=O)N(OCCOCCOCCOCCOCCOCC[18F])c1ccc2ncnc(Nc3cccc(I)c3)c2c1. The number of nitrogens with one attached hydrogen (secondary N) is 1. The van der Waals surface area contributed by atoms with Gasteiger partial charge < -0.3 is 29.0 Å². The van der Waals surface area contributed by atoms with Crippen LogP contribution in [0.1, 0.15) is 0 Å². The Morgan fingerprint density at radius 1 is 0.857 bits per heavy atom. The number of carbonyl (C=O) groups is 1. The van der Waals surface area contributed by atoms with Gasteiger partial charge in [-0.25, -0.2) is 14.4 Å². The van der Waals surface area contributed by atoms with E-state index in [0.29, 0.717) is 69.9 Å². The minimum Gasteiger partial charge on any atom is -0.377 e. The van der Waals surface area contributed by atoms with Crippen molar-refractivity contribution in [3.63, 3.8) is 0 Å². The van der Waals surface area contributed by atoms with Gasteiger partial charge in [0.05, 0.1) is 83.9 Å². The van der Waals surface area contributed by atoms with E-state index in [2.05, 4.69) is 44.5 Å². The first kappa shape index (κ1) is 33.7. The molecule has 0 saturated heterocycles. The summed E-state index contributed by atoms with van der Waals surface area (Å²) < 4.78 is 39.7. The molecule has 2 aromatic carbocycles. The van der Waals surface area contributed by atoms with Crippen molar-refractivity contribution in [2.24, 2.45) is 0 Å². The monoisotopic (exact) mass is 697 g/mol. The smallest absolute Gasteiger partial charge is 0.274 e. The third kappa shape index (κ3) is 12.2. The quantitative estimate of drug-likeness (QED) is 0.0698. The molecule has 0 aliphatic rings. The summed E-state index contributed by atoms with van der Waals surface area (Å²) in [6.07, 6.45) is 2.67. The minimum atomic E-state index is -0.491. The van der Waals surface area contributed by atoms with E-state index in [1.807, 2.05) is 24.3 Å². The first-order chi connectivity index (χ1) is 20.6. The fourth-order valence-electron chi connectivity index (χ4n) is 3.55. The average molecular weight is 698 g/mol. The maximum atomic E-state index is 12.6. The molecular weight excluding hydrogens is 661 g/mol. The third-order valence-corrected chi connectivity index (χ3v) is 6.14. The predicted molar refractivity (Wildman–Crippen MR) is 166 cm³/mol. The van der Waals surface area contributed by atoms with Crippen molar-refractivity contribution in [2.45, 2.75) is 0 Å². The van der Waals surface area contributed by atoms with Crippen LogP contribution in [-0.4, -0.2) is 95.2 Å². The molecule has 13 heteroatoms. The Labute approximate surface area is 258 Å². The van der Waals surface area contributed by atoms with Gasteiger partial charge >= 0.3 is 0 Å². The highest BCUT2D eigenvalue weighted by Gasteiger charge is 2.16. The largest absolute Gasteiger partial charge is 0.377 e. The number of nitrogens with zero attached hydrogens (tertiary/aromatic N) is 3. The molecule has 228 valence electrons. The van der Waals surface area contributed by atoms with E-state index in [1.54, 1.807) is 18.2 Å². The van der Waals surface area contributed by atoms with Crippen molar-refractivity contribution in [1.29, 1.82) is 0 Å². The van der Waals surface area contributed by atoms with Crippen LogP contribution in [0, 0.1) is 3.57 Å². The number of amides is 1. The van der Waals surface area contributed by atoms with Crippen molar-refractivity contribution in [3.8, 4) is 0 Å². The molecule has 1 N–H and O–H groups in total. The minimum absolute atomic E-state index is 0.0945. The number of aromatic nitrogens is 2. The lowest BCUT2D eigenvalue weighted by Gasteiger charge is -2.21. The molecule has 0 unspecified atom stereocenters. The fourth-order valence-corrected chi connectivity index (χ4v) is 4.09. The summed E-state index contributed by atoms with van der Waals surface area (Å²) in [5.74, 6) is 0.186. The second-order valence-electron chi connectivity index (χ2n) is 8.48. The van der Waals surface area contributed by atoms with Gasteiger partial charge in [-0.15, -0.1) is 0 Å². The summed E-state index contributed by atoms with van der Waals surface area (Å²) in [6, 6.07) is 13.3. The number of halogens is 2. The number of ether oxygens (including phenoxy) is 5. The zero-order chi connectivity index (χ0) is 29.8. The standard InChI is InChI=1S/C29H36FIN4O7/c1-2-28(36)35(42-19-18-41-17-16-40-15-14-39-13-12-38-11-10-37-9-8-30)25-6-7-27-26(21-25)29(33-22-32-27)34-24-5-3-4-23(31)20-24/h2-7,20-22H,1,8-19H2,(H,32,33,34)/i30-1. The molecule has 11 nitrogen and oxygen atoms in total. The topological polar surface area (TPSA) is 114 Å². The number of hydrogen-bond donors (Lipinski definition) is 1. The number of hydroxylamine groups is 1. The lowest BCUT2D eigenvalue weighted by atomic mass is 10.2. The predicted octanol–water partition coefficient (Wildman–Crippen LogP) is 4.48. The lowest BCUT2D eigenvalue weighted by Crippen LogP contribution is -2.31. The fraction of sp³-hybridized carbons (Fsp3) is 0.414. The highest BCUT2D eigenvalue weighted by Crippen LogP contribution is 2.28. The van der Waals surface area contributed by atoms with Crippen molar-refractivity contribution >= 4 is 56.6 Å². The number of anilines is 3. The van der Waals surface area contributed by atoms with Crippen LogP contribution < -0.4 is 10.4 Å². The van der Waals surface area contributed by atoms with Gasteiger partial charge in [0.15, 0.2) is 0 Å². The summed E-state index contributed by atoms with van der Waals surface area (Å²) in [5.41, 5.74) is 2.11. The van der Waals surface area contributed by atoms with Crippen molar-refractivity contribution < 1.29 is 37.7 Å². The zero-order valence-corrected chi connectivity index (χ0v) is 25.5. The molecule has 1 heterocycles. The molecule has 3 aromatic rings. The van der Waals surface area contributed by atoms with Crippen molar-refractivity contribution in [1.82, 2.24) is 9.97 Å². The summed E-state index contributed by atoms with van der Waals surface area (Å²) in [7, 11) is 0. The van der Waals surface area contributed by atoms with E-state index < -0.39 is 12.6 Å². The van der Waals surface area contributed by atoms with E-state index in [-0.39, 0.29) is 19.8 Å². The van der Waals surface area contributed by atoms with Crippen molar-refractivity contribution in [2.75, 3.05) is 89.7 Å². The highest BCUT2D eigenvalue weighted by molar-refractivity contribution is 14.1. The molecular formula is C29H36FIN4O7.